The molecule has 0 fully saturated rings. The molecule has 7 nitrogen and oxygen atoms in total. The number of amides is 1. The first kappa shape index (κ1) is 23.0. The average Bonchev–Trinajstić information content (AvgIpc) is 3.21. The van der Waals surface area contributed by atoms with Crippen molar-refractivity contribution in [1.29, 1.82) is 0 Å². The second-order valence-corrected chi connectivity index (χ2v) is 8.78. The molecule has 8 heteroatoms. The van der Waals surface area contributed by atoms with E-state index in [1.807, 2.05) is 30.3 Å². The van der Waals surface area contributed by atoms with E-state index in [9.17, 15) is 4.79 Å². The van der Waals surface area contributed by atoms with Gasteiger partial charge in [0.05, 0.1) is 23.5 Å². The molecule has 1 aliphatic rings. The Balaban J connectivity index is 1.67. The number of carbonyl (C=O) groups excluding carboxylic acids is 1. The smallest absolute Gasteiger partial charge is 0.247 e. The number of ether oxygens (including phenoxy) is 1. The lowest BCUT2D eigenvalue weighted by Crippen LogP contribution is -2.14. The van der Waals surface area contributed by atoms with Crippen molar-refractivity contribution in [2.24, 2.45) is 0 Å². The fourth-order valence-electron chi connectivity index (χ4n) is 4.05. The van der Waals surface area contributed by atoms with Gasteiger partial charge in [-0.2, -0.15) is 0 Å². The zero-order valence-electron chi connectivity index (χ0n) is 18.9. The molecule has 3 aromatic rings. The van der Waals surface area contributed by atoms with Crippen LogP contribution >= 0.6 is 11.6 Å². The number of halogens is 1. The van der Waals surface area contributed by atoms with Crippen LogP contribution in [0.15, 0.2) is 49.3 Å². The van der Waals surface area contributed by atoms with E-state index in [1.165, 1.54) is 6.08 Å². The van der Waals surface area contributed by atoms with Gasteiger partial charge < -0.3 is 20.3 Å². The first-order valence-corrected chi connectivity index (χ1v) is 11.4. The normalized spacial score (nSPS) is 14.7. The third kappa shape index (κ3) is 5.26. The molecule has 2 heterocycles. The summed E-state index contributed by atoms with van der Waals surface area (Å²) >= 11 is 6.16. The summed E-state index contributed by atoms with van der Waals surface area (Å²) in [6.07, 6.45) is 4.76. The number of nitrogens with zero attached hydrogens (tertiary/aromatic N) is 3. The summed E-state index contributed by atoms with van der Waals surface area (Å²) in [4.78, 5) is 23.4. The number of benzene rings is 2. The Hall–Kier alpha value is -3.16. The standard InChI is InChI=1S/C25H28ClN5O2/c1-4-24(32)30-22-12-18-21(13-23(22)33-10-6-5-9-31(2)3)28-15-29-25(18)19-14-27-20-11-16(26)7-8-17(19)20/h4,7-8,11-13,15,19,27H,1,5-6,9-10,14H2,2-3H3,(H,30,32). The third-order valence-corrected chi connectivity index (χ3v) is 5.92. The summed E-state index contributed by atoms with van der Waals surface area (Å²) in [5, 5.41) is 7.85. The highest BCUT2D eigenvalue weighted by Crippen LogP contribution is 2.40. The Bertz CT molecular complexity index is 1180. The van der Waals surface area contributed by atoms with Gasteiger partial charge in [-0.25, -0.2) is 9.97 Å². The topological polar surface area (TPSA) is 79.4 Å². The van der Waals surface area contributed by atoms with Crippen LogP contribution in [0.25, 0.3) is 10.9 Å². The lowest BCUT2D eigenvalue weighted by molar-refractivity contribution is -0.111. The van der Waals surface area contributed by atoms with Crippen molar-refractivity contribution in [1.82, 2.24) is 14.9 Å². The summed E-state index contributed by atoms with van der Waals surface area (Å²) in [6.45, 7) is 5.82. The number of fused-ring (bicyclic) bond motifs is 2. The molecule has 1 unspecified atom stereocenters. The van der Waals surface area contributed by atoms with E-state index in [0.29, 0.717) is 29.6 Å². The van der Waals surface area contributed by atoms with E-state index in [0.717, 1.165) is 47.2 Å². The van der Waals surface area contributed by atoms with E-state index in [1.54, 1.807) is 6.33 Å². The lowest BCUT2D eigenvalue weighted by Gasteiger charge is -2.17. The molecule has 4 rings (SSSR count). The summed E-state index contributed by atoms with van der Waals surface area (Å²) in [5.74, 6) is 0.334. The highest BCUT2D eigenvalue weighted by molar-refractivity contribution is 6.30. The molecule has 0 saturated carbocycles. The minimum Gasteiger partial charge on any atom is -0.491 e. The highest BCUT2D eigenvalue weighted by Gasteiger charge is 2.27. The maximum atomic E-state index is 12.1. The zero-order valence-corrected chi connectivity index (χ0v) is 19.7. The maximum Gasteiger partial charge on any atom is 0.247 e. The van der Waals surface area contributed by atoms with E-state index in [2.05, 4.69) is 46.2 Å². The summed E-state index contributed by atoms with van der Waals surface area (Å²) in [5.41, 5.74) is 4.38. The van der Waals surface area contributed by atoms with Crippen LogP contribution in [0.1, 0.15) is 30.0 Å². The van der Waals surface area contributed by atoms with Crippen LogP contribution in [-0.4, -0.2) is 54.6 Å². The van der Waals surface area contributed by atoms with E-state index >= 15 is 0 Å². The molecule has 0 aliphatic carbocycles. The second kappa shape index (κ2) is 10.2. The van der Waals surface area contributed by atoms with E-state index in [4.69, 9.17) is 16.3 Å². The van der Waals surface area contributed by atoms with Crippen molar-refractivity contribution in [2.75, 3.05) is 44.4 Å². The predicted molar refractivity (Wildman–Crippen MR) is 133 cm³/mol. The van der Waals surface area contributed by atoms with Gasteiger partial charge in [-0.15, -0.1) is 0 Å². The number of rotatable bonds is 9. The van der Waals surface area contributed by atoms with E-state index in [-0.39, 0.29) is 11.8 Å². The van der Waals surface area contributed by atoms with Crippen molar-refractivity contribution >= 4 is 39.8 Å². The summed E-state index contributed by atoms with van der Waals surface area (Å²) in [7, 11) is 4.11. The molecular formula is C25H28ClN5O2. The van der Waals surface area contributed by atoms with Crippen LogP contribution in [0, 0.1) is 0 Å². The quantitative estimate of drug-likeness (QED) is 0.352. The monoisotopic (exact) mass is 465 g/mol. The molecule has 1 aromatic heterocycles. The van der Waals surface area contributed by atoms with Gasteiger partial charge in [0, 0.05) is 34.6 Å². The summed E-state index contributed by atoms with van der Waals surface area (Å²) in [6, 6.07) is 9.62. The fourth-order valence-corrected chi connectivity index (χ4v) is 4.22. The molecule has 0 bridgehead atoms. The third-order valence-electron chi connectivity index (χ3n) is 5.69. The molecule has 172 valence electrons. The van der Waals surface area contributed by atoms with Crippen LogP contribution in [0.3, 0.4) is 0 Å². The first-order valence-electron chi connectivity index (χ1n) is 11.0. The van der Waals surface area contributed by atoms with Gasteiger partial charge in [0.1, 0.15) is 12.1 Å². The van der Waals surface area contributed by atoms with Gasteiger partial charge in [-0.1, -0.05) is 24.2 Å². The number of hydrogen-bond donors (Lipinski definition) is 2. The van der Waals surface area contributed by atoms with Crippen LogP contribution < -0.4 is 15.4 Å². The highest BCUT2D eigenvalue weighted by atomic mass is 35.5. The number of aromatic nitrogens is 2. The molecule has 1 amide bonds. The van der Waals surface area contributed by atoms with Gasteiger partial charge in [-0.05, 0) is 63.3 Å². The Morgan fingerprint density at radius 2 is 2.15 bits per heavy atom. The molecule has 1 atom stereocenters. The molecule has 33 heavy (non-hydrogen) atoms. The Kier molecular flexibility index (Phi) is 7.11. The van der Waals surface area contributed by atoms with Crippen LogP contribution in [0.4, 0.5) is 11.4 Å². The van der Waals surface area contributed by atoms with Crippen molar-refractivity contribution < 1.29 is 9.53 Å². The van der Waals surface area contributed by atoms with Gasteiger partial charge in [0.15, 0.2) is 0 Å². The van der Waals surface area contributed by atoms with E-state index < -0.39 is 0 Å². The number of carbonyl (C=O) groups is 1. The lowest BCUT2D eigenvalue weighted by atomic mass is 9.94. The van der Waals surface area contributed by atoms with Crippen molar-refractivity contribution in [3.63, 3.8) is 0 Å². The first-order chi connectivity index (χ1) is 16.0. The molecule has 0 radical (unpaired) electrons. The fraction of sp³-hybridized carbons (Fsp3) is 0.320. The van der Waals surface area contributed by atoms with Crippen LogP contribution in [0.5, 0.6) is 5.75 Å². The number of nitrogens with one attached hydrogen (secondary N) is 2. The minimum atomic E-state index is -0.298. The molecule has 0 saturated heterocycles. The Morgan fingerprint density at radius 1 is 1.30 bits per heavy atom. The minimum absolute atomic E-state index is 0.0449. The number of hydrogen-bond acceptors (Lipinski definition) is 6. The van der Waals surface area contributed by atoms with Crippen molar-refractivity contribution in [3.8, 4) is 5.75 Å². The largest absolute Gasteiger partial charge is 0.491 e. The second-order valence-electron chi connectivity index (χ2n) is 8.34. The molecular weight excluding hydrogens is 438 g/mol. The number of unbranched alkanes of at least 4 members (excludes halogenated alkanes) is 1. The Morgan fingerprint density at radius 3 is 2.94 bits per heavy atom. The van der Waals surface area contributed by atoms with Crippen LogP contribution in [-0.2, 0) is 4.79 Å². The molecule has 2 N–H and O–H groups in total. The number of anilines is 2. The van der Waals surface area contributed by atoms with Crippen molar-refractivity contribution in [2.45, 2.75) is 18.8 Å². The Labute approximate surface area is 198 Å². The van der Waals surface area contributed by atoms with Crippen molar-refractivity contribution in [3.05, 3.63) is 65.6 Å². The molecule has 1 aliphatic heterocycles. The molecule has 2 aromatic carbocycles. The van der Waals surface area contributed by atoms with Gasteiger partial charge in [-0.3, -0.25) is 4.79 Å². The SMILES string of the molecule is C=CC(=O)Nc1cc2c(C3CNc4cc(Cl)ccc43)ncnc2cc1OCCCCN(C)C. The van der Waals surface area contributed by atoms with Gasteiger partial charge >= 0.3 is 0 Å². The van der Waals surface area contributed by atoms with Gasteiger partial charge in [0.2, 0.25) is 5.91 Å². The maximum absolute atomic E-state index is 12.1. The average molecular weight is 466 g/mol. The summed E-state index contributed by atoms with van der Waals surface area (Å²) < 4.78 is 6.05. The molecule has 0 spiro atoms. The van der Waals surface area contributed by atoms with Crippen LogP contribution in [0.2, 0.25) is 5.02 Å². The predicted octanol–water partition coefficient (Wildman–Crippen LogP) is 4.69. The van der Waals surface area contributed by atoms with Gasteiger partial charge in [0.25, 0.3) is 0 Å². The zero-order chi connectivity index (χ0) is 23.4.